The molecule has 0 aliphatic heterocycles. The molecule has 0 aliphatic rings. The normalized spacial score (nSPS) is 14.2. The van der Waals surface area contributed by atoms with Crippen molar-refractivity contribution in [3.63, 3.8) is 0 Å². The van der Waals surface area contributed by atoms with Crippen LogP contribution in [0.3, 0.4) is 0 Å². The van der Waals surface area contributed by atoms with Crippen LogP contribution in [0.25, 0.3) is 10.9 Å². The summed E-state index contributed by atoms with van der Waals surface area (Å²) in [6.45, 7) is 1.40. The Balaban J connectivity index is 1.63. The first kappa shape index (κ1) is 27.9. The summed E-state index contributed by atoms with van der Waals surface area (Å²) in [6, 6.07) is 2.49. The molecule has 1 aromatic carbocycles. The Morgan fingerprint density at radius 3 is 2.32 bits per heavy atom. The van der Waals surface area contributed by atoms with E-state index in [2.05, 4.69) is 30.9 Å². The summed E-state index contributed by atoms with van der Waals surface area (Å²) in [6.07, 6.45) is 3.79. The predicted octanol–water partition coefficient (Wildman–Crippen LogP) is -0.963. The number of hydrogen-bond donors (Lipinski definition) is 8. The van der Waals surface area contributed by atoms with Crippen LogP contribution >= 0.6 is 0 Å². The number of amides is 3. The number of aromatic nitrogens is 3. The van der Waals surface area contributed by atoms with Crippen molar-refractivity contribution < 1.29 is 34.2 Å². The second kappa shape index (κ2) is 12.5. The van der Waals surface area contributed by atoms with Gasteiger partial charge >= 0.3 is 11.9 Å². The number of aliphatic carboxylic acids is 2. The summed E-state index contributed by atoms with van der Waals surface area (Å²) in [5.74, 6) is -5.21. The van der Waals surface area contributed by atoms with Crippen molar-refractivity contribution >= 4 is 40.6 Å². The fourth-order valence-electron chi connectivity index (χ4n) is 3.79. The predicted molar refractivity (Wildman–Crippen MR) is 134 cm³/mol. The molecule has 14 nitrogen and oxygen atoms in total. The Labute approximate surface area is 216 Å². The van der Waals surface area contributed by atoms with Crippen LogP contribution in [0.5, 0.6) is 0 Å². The second-order valence-corrected chi connectivity index (χ2v) is 8.74. The lowest BCUT2D eigenvalue weighted by molar-refractivity contribution is -0.147. The topological polar surface area (TPSA) is 232 Å². The standard InChI is InChI=1S/C24H29N7O7/c1-12(29-22(35)16(25)6-13-9-27-17-5-3-2-4-15(13)17)21(34)30-18(7-14-10-26-11-28-14)23(36)31-19(24(37)38)8-20(32)33/h2-5,9-12,16,18-19,27H,6-8,25H2,1H3,(H,26,28)(H,29,35)(H,30,34)(H,31,36)(H,32,33)(H,37,38). The molecule has 0 saturated heterocycles. The van der Waals surface area contributed by atoms with Gasteiger partial charge in [0.25, 0.3) is 0 Å². The number of benzene rings is 1. The third-order valence-electron chi connectivity index (χ3n) is 5.81. The smallest absolute Gasteiger partial charge is 0.326 e. The monoisotopic (exact) mass is 527 g/mol. The molecule has 0 radical (unpaired) electrons. The molecule has 3 aromatic rings. The number of nitrogens with two attached hydrogens (primary N) is 1. The molecule has 3 rings (SSSR count). The minimum atomic E-state index is -1.71. The molecule has 38 heavy (non-hydrogen) atoms. The van der Waals surface area contributed by atoms with Crippen LogP contribution in [0.2, 0.25) is 0 Å². The number of carboxylic acids is 2. The minimum absolute atomic E-state index is 0.0995. The van der Waals surface area contributed by atoms with E-state index in [1.54, 1.807) is 6.20 Å². The number of carboxylic acid groups (broad SMARTS) is 2. The van der Waals surface area contributed by atoms with Gasteiger partial charge in [-0.05, 0) is 25.0 Å². The van der Waals surface area contributed by atoms with E-state index >= 15 is 0 Å². The summed E-state index contributed by atoms with van der Waals surface area (Å²) in [7, 11) is 0. The molecular weight excluding hydrogens is 498 g/mol. The highest BCUT2D eigenvalue weighted by atomic mass is 16.4. The molecular formula is C24H29N7O7. The van der Waals surface area contributed by atoms with Gasteiger partial charge in [-0.2, -0.15) is 0 Å². The Kier molecular flexibility index (Phi) is 9.16. The zero-order valence-corrected chi connectivity index (χ0v) is 20.4. The van der Waals surface area contributed by atoms with Crippen LogP contribution < -0.4 is 21.7 Å². The van der Waals surface area contributed by atoms with Gasteiger partial charge in [0.1, 0.15) is 18.1 Å². The van der Waals surface area contributed by atoms with E-state index in [0.717, 1.165) is 16.5 Å². The molecule has 0 fully saturated rings. The number of aromatic amines is 2. The Bertz CT molecular complexity index is 1300. The maximum absolute atomic E-state index is 12.8. The number of imidazole rings is 1. The molecule has 2 aromatic heterocycles. The first-order valence-electron chi connectivity index (χ1n) is 11.7. The summed E-state index contributed by atoms with van der Waals surface area (Å²) in [5.41, 5.74) is 8.27. The van der Waals surface area contributed by atoms with Gasteiger partial charge in [0.05, 0.1) is 18.8 Å². The van der Waals surface area contributed by atoms with E-state index in [1.165, 1.54) is 19.4 Å². The van der Waals surface area contributed by atoms with Crippen molar-refractivity contribution in [3.05, 3.63) is 54.2 Å². The van der Waals surface area contributed by atoms with E-state index < -0.39 is 60.2 Å². The van der Waals surface area contributed by atoms with Gasteiger partial charge in [-0.3, -0.25) is 19.2 Å². The largest absolute Gasteiger partial charge is 0.481 e. The van der Waals surface area contributed by atoms with E-state index in [9.17, 15) is 29.1 Å². The number of H-pyrrole nitrogens is 2. The van der Waals surface area contributed by atoms with Gasteiger partial charge in [-0.15, -0.1) is 0 Å². The van der Waals surface area contributed by atoms with Crippen LogP contribution in [0.15, 0.2) is 43.0 Å². The zero-order valence-electron chi connectivity index (χ0n) is 20.4. The molecule has 4 unspecified atom stereocenters. The summed E-state index contributed by atoms with van der Waals surface area (Å²) in [5, 5.41) is 26.2. The Morgan fingerprint density at radius 2 is 1.66 bits per heavy atom. The number of hydrogen-bond acceptors (Lipinski definition) is 7. The van der Waals surface area contributed by atoms with Gasteiger partial charge in [0.2, 0.25) is 17.7 Å². The van der Waals surface area contributed by atoms with Gasteiger partial charge in [-0.1, -0.05) is 18.2 Å². The van der Waals surface area contributed by atoms with Crippen LogP contribution in [-0.4, -0.2) is 79.0 Å². The van der Waals surface area contributed by atoms with Gasteiger partial charge in [0, 0.05) is 35.4 Å². The number of nitrogens with zero attached hydrogens (tertiary/aromatic N) is 1. The van der Waals surface area contributed by atoms with Crippen LogP contribution in [0.1, 0.15) is 24.6 Å². The Hall–Kier alpha value is -4.72. The molecule has 4 atom stereocenters. The third-order valence-corrected chi connectivity index (χ3v) is 5.81. The number of carbonyl (C=O) groups is 5. The van der Waals surface area contributed by atoms with Crippen molar-refractivity contribution in [2.75, 3.05) is 0 Å². The maximum atomic E-state index is 12.8. The van der Waals surface area contributed by atoms with Gasteiger partial charge < -0.3 is 41.9 Å². The highest BCUT2D eigenvalue weighted by Gasteiger charge is 2.30. The molecule has 2 heterocycles. The summed E-state index contributed by atoms with van der Waals surface area (Å²) < 4.78 is 0. The number of para-hydroxylation sites is 1. The van der Waals surface area contributed by atoms with Crippen molar-refractivity contribution in [1.82, 2.24) is 30.9 Å². The average Bonchev–Trinajstić information content (AvgIpc) is 3.52. The van der Waals surface area contributed by atoms with E-state index in [0.29, 0.717) is 5.69 Å². The quantitative estimate of drug-likeness (QED) is 0.136. The molecule has 202 valence electrons. The lowest BCUT2D eigenvalue weighted by Gasteiger charge is -2.23. The molecule has 0 aliphatic carbocycles. The molecule has 14 heteroatoms. The van der Waals surface area contributed by atoms with Crippen molar-refractivity contribution in [2.45, 2.75) is 50.4 Å². The van der Waals surface area contributed by atoms with Crippen molar-refractivity contribution in [3.8, 4) is 0 Å². The summed E-state index contributed by atoms with van der Waals surface area (Å²) >= 11 is 0. The Morgan fingerprint density at radius 1 is 0.947 bits per heavy atom. The third kappa shape index (κ3) is 7.39. The highest BCUT2D eigenvalue weighted by molar-refractivity contribution is 5.95. The lowest BCUT2D eigenvalue weighted by Crippen LogP contribution is -2.57. The number of nitrogens with one attached hydrogen (secondary N) is 5. The minimum Gasteiger partial charge on any atom is -0.481 e. The van der Waals surface area contributed by atoms with Crippen molar-refractivity contribution in [1.29, 1.82) is 0 Å². The first-order valence-corrected chi connectivity index (χ1v) is 11.7. The molecule has 0 spiro atoms. The van der Waals surface area contributed by atoms with Gasteiger partial charge in [0.15, 0.2) is 0 Å². The van der Waals surface area contributed by atoms with Crippen LogP contribution in [0.4, 0.5) is 0 Å². The molecule has 0 bridgehead atoms. The summed E-state index contributed by atoms with van der Waals surface area (Å²) in [4.78, 5) is 70.4. The second-order valence-electron chi connectivity index (χ2n) is 8.74. The van der Waals surface area contributed by atoms with Crippen LogP contribution in [0, 0.1) is 0 Å². The lowest BCUT2D eigenvalue weighted by atomic mass is 10.0. The van der Waals surface area contributed by atoms with E-state index in [-0.39, 0.29) is 12.8 Å². The number of rotatable bonds is 13. The molecule has 3 amide bonds. The fraction of sp³-hybridized carbons (Fsp3) is 0.333. The SMILES string of the molecule is CC(NC(=O)C(N)Cc1c[nH]c2ccccc12)C(=O)NC(Cc1cnc[nH]1)C(=O)NC(CC(=O)O)C(=O)O. The number of fused-ring (bicyclic) bond motifs is 1. The first-order chi connectivity index (χ1) is 18.0. The average molecular weight is 528 g/mol. The maximum Gasteiger partial charge on any atom is 0.326 e. The fourth-order valence-corrected chi connectivity index (χ4v) is 3.79. The number of carbonyl (C=O) groups excluding carboxylic acids is 3. The van der Waals surface area contributed by atoms with E-state index in [4.69, 9.17) is 10.8 Å². The molecule has 9 N–H and O–H groups in total. The van der Waals surface area contributed by atoms with Crippen molar-refractivity contribution in [2.24, 2.45) is 5.73 Å². The van der Waals surface area contributed by atoms with Gasteiger partial charge in [-0.25, -0.2) is 9.78 Å². The molecule has 0 saturated carbocycles. The zero-order chi connectivity index (χ0) is 27.8. The van der Waals surface area contributed by atoms with Crippen LogP contribution in [-0.2, 0) is 36.8 Å². The van der Waals surface area contributed by atoms with E-state index in [1.807, 2.05) is 24.3 Å². The highest BCUT2D eigenvalue weighted by Crippen LogP contribution is 2.18.